The highest BCUT2D eigenvalue weighted by atomic mass is 15.2. The van der Waals surface area contributed by atoms with Crippen molar-refractivity contribution in [1.82, 2.24) is 19.7 Å². The third-order valence-corrected chi connectivity index (χ3v) is 3.95. The van der Waals surface area contributed by atoms with E-state index < -0.39 is 0 Å². The minimum atomic E-state index is 0.759. The van der Waals surface area contributed by atoms with Gasteiger partial charge in [-0.15, -0.1) is 10.2 Å². The molecule has 2 aromatic carbocycles. The molecule has 1 N–H and O–H groups in total. The molecule has 0 saturated carbocycles. The van der Waals surface area contributed by atoms with Crippen molar-refractivity contribution < 1.29 is 0 Å². The Kier molecular flexibility index (Phi) is 3.67. The van der Waals surface area contributed by atoms with E-state index in [2.05, 4.69) is 56.9 Å². The van der Waals surface area contributed by atoms with Crippen LogP contribution in [0.2, 0.25) is 0 Å². The third-order valence-electron chi connectivity index (χ3n) is 3.95. The first-order chi connectivity index (χ1) is 11.8. The molecular formula is C19H17N5. The lowest BCUT2D eigenvalue weighted by molar-refractivity contribution is 1.05. The zero-order valence-electron chi connectivity index (χ0n) is 13.3. The van der Waals surface area contributed by atoms with E-state index in [1.54, 1.807) is 12.7 Å². The molecule has 24 heavy (non-hydrogen) atoms. The number of rotatable bonds is 4. The molecule has 0 aliphatic rings. The Morgan fingerprint density at radius 1 is 0.958 bits per heavy atom. The molecule has 0 unspecified atom stereocenters. The van der Waals surface area contributed by atoms with Crippen LogP contribution in [0.4, 0.5) is 5.69 Å². The number of anilines is 1. The van der Waals surface area contributed by atoms with Gasteiger partial charge in [0, 0.05) is 23.3 Å². The molecule has 0 bridgehead atoms. The molecule has 118 valence electrons. The quantitative estimate of drug-likeness (QED) is 0.623. The van der Waals surface area contributed by atoms with Crippen LogP contribution < -0.4 is 5.32 Å². The summed E-state index contributed by atoms with van der Waals surface area (Å²) in [4.78, 5) is 4.54. The molecule has 4 aromatic rings. The second-order valence-electron chi connectivity index (χ2n) is 5.75. The minimum Gasteiger partial charge on any atom is -0.381 e. The zero-order chi connectivity index (χ0) is 16.4. The Morgan fingerprint density at radius 3 is 2.71 bits per heavy atom. The Hall–Kier alpha value is -3.21. The summed E-state index contributed by atoms with van der Waals surface area (Å²) in [6.45, 7) is 2.77. The van der Waals surface area contributed by atoms with Crippen molar-refractivity contribution in [3.8, 4) is 5.69 Å². The largest absolute Gasteiger partial charge is 0.381 e. The van der Waals surface area contributed by atoms with Crippen molar-refractivity contribution in [2.24, 2.45) is 0 Å². The van der Waals surface area contributed by atoms with E-state index in [9.17, 15) is 0 Å². The van der Waals surface area contributed by atoms with Crippen LogP contribution in [0.15, 0.2) is 67.3 Å². The molecule has 5 nitrogen and oxygen atoms in total. The first kappa shape index (κ1) is 14.4. The number of aryl methyl sites for hydroxylation is 1. The van der Waals surface area contributed by atoms with Gasteiger partial charge in [0.05, 0.1) is 11.2 Å². The highest BCUT2D eigenvalue weighted by Crippen LogP contribution is 2.18. The molecule has 0 aliphatic heterocycles. The van der Waals surface area contributed by atoms with E-state index in [1.807, 2.05) is 29.7 Å². The monoisotopic (exact) mass is 315 g/mol. The number of benzene rings is 2. The lowest BCUT2D eigenvalue weighted by Gasteiger charge is -2.09. The number of hydrogen-bond donors (Lipinski definition) is 1. The predicted molar refractivity (Wildman–Crippen MR) is 95.2 cm³/mol. The first-order valence-corrected chi connectivity index (χ1v) is 7.83. The molecule has 0 radical (unpaired) electrons. The molecule has 2 aromatic heterocycles. The maximum atomic E-state index is 4.54. The molecule has 0 atom stereocenters. The van der Waals surface area contributed by atoms with Crippen molar-refractivity contribution in [1.29, 1.82) is 0 Å². The average Bonchev–Trinajstić information content (AvgIpc) is 3.15. The van der Waals surface area contributed by atoms with Crippen molar-refractivity contribution in [2.75, 3.05) is 5.32 Å². The smallest absolute Gasteiger partial charge is 0.123 e. The summed E-state index contributed by atoms with van der Waals surface area (Å²) in [5.74, 6) is 0. The number of hydrogen-bond acceptors (Lipinski definition) is 4. The van der Waals surface area contributed by atoms with Crippen LogP contribution in [0.25, 0.3) is 16.6 Å². The summed E-state index contributed by atoms with van der Waals surface area (Å²) in [5, 5.41) is 12.3. The van der Waals surface area contributed by atoms with Crippen molar-refractivity contribution >= 4 is 16.6 Å². The van der Waals surface area contributed by atoms with Gasteiger partial charge in [-0.1, -0.05) is 18.2 Å². The van der Waals surface area contributed by atoms with E-state index in [-0.39, 0.29) is 0 Å². The predicted octanol–water partition coefficient (Wildman–Crippen LogP) is 3.74. The van der Waals surface area contributed by atoms with Gasteiger partial charge in [-0.2, -0.15) is 0 Å². The molecular weight excluding hydrogens is 298 g/mol. The fraction of sp³-hybridized carbons (Fsp3) is 0.105. The van der Waals surface area contributed by atoms with Gasteiger partial charge in [0.1, 0.15) is 12.7 Å². The van der Waals surface area contributed by atoms with Crippen LogP contribution in [0.1, 0.15) is 11.3 Å². The number of aromatic nitrogens is 4. The van der Waals surface area contributed by atoms with Crippen LogP contribution in [0.3, 0.4) is 0 Å². The lowest BCUT2D eigenvalue weighted by atomic mass is 10.1. The van der Waals surface area contributed by atoms with Gasteiger partial charge in [-0.05, 0) is 48.9 Å². The molecule has 5 heteroatoms. The second kappa shape index (κ2) is 6.12. The third kappa shape index (κ3) is 2.96. The standard InChI is InChI=1S/C19H17N5/c1-14-5-7-16-9-15(6-8-19(16)23-14)11-20-17-3-2-4-18(10-17)24-12-21-22-13-24/h2-10,12-13,20H,11H2,1H3. The van der Waals surface area contributed by atoms with E-state index >= 15 is 0 Å². The van der Waals surface area contributed by atoms with Crippen molar-refractivity contribution in [3.05, 3.63) is 78.5 Å². The van der Waals surface area contributed by atoms with Crippen LogP contribution in [-0.2, 0) is 6.54 Å². The van der Waals surface area contributed by atoms with Crippen LogP contribution >= 0.6 is 0 Å². The molecule has 0 amide bonds. The summed E-state index contributed by atoms with van der Waals surface area (Å²) in [5.41, 5.74) is 5.39. The van der Waals surface area contributed by atoms with Gasteiger partial charge in [0.2, 0.25) is 0 Å². The Morgan fingerprint density at radius 2 is 1.83 bits per heavy atom. The van der Waals surface area contributed by atoms with Crippen LogP contribution in [-0.4, -0.2) is 19.7 Å². The molecule has 0 fully saturated rings. The highest BCUT2D eigenvalue weighted by molar-refractivity contribution is 5.79. The van der Waals surface area contributed by atoms with Gasteiger partial charge < -0.3 is 5.32 Å². The topological polar surface area (TPSA) is 55.6 Å². The average molecular weight is 315 g/mol. The Bertz CT molecular complexity index is 976. The number of nitrogens with one attached hydrogen (secondary N) is 1. The maximum Gasteiger partial charge on any atom is 0.123 e. The van der Waals surface area contributed by atoms with Crippen LogP contribution in [0, 0.1) is 6.92 Å². The molecule has 0 spiro atoms. The molecule has 2 heterocycles. The van der Waals surface area contributed by atoms with E-state index in [0.717, 1.165) is 34.5 Å². The lowest BCUT2D eigenvalue weighted by Crippen LogP contribution is -2.00. The summed E-state index contributed by atoms with van der Waals surface area (Å²) in [6, 6.07) is 18.7. The zero-order valence-corrected chi connectivity index (χ0v) is 13.3. The fourth-order valence-electron chi connectivity index (χ4n) is 2.70. The fourth-order valence-corrected chi connectivity index (χ4v) is 2.70. The van der Waals surface area contributed by atoms with Gasteiger partial charge in [-0.3, -0.25) is 9.55 Å². The van der Waals surface area contributed by atoms with Gasteiger partial charge in [0.15, 0.2) is 0 Å². The summed E-state index contributed by atoms with van der Waals surface area (Å²) < 4.78 is 1.88. The SMILES string of the molecule is Cc1ccc2cc(CNc3cccc(-n4cnnc4)c3)ccc2n1. The highest BCUT2D eigenvalue weighted by Gasteiger charge is 2.01. The Labute approximate surface area is 140 Å². The van der Waals surface area contributed by atoms with E-state index in [4.69, 9.17) is 0 Å². The summed E-state index contributed by atoms with van der Waals surface area (Å²) >= 11 is 0. The molecule has 0 saturated heterocycles. The maximum absolute atomic E-state index is 4.54. The summed E-state index contributed by atoms with van der Waals surface area (Å²) in [6.07, 6.45) is 3.38. The van der Waals surface area contributed by atoms with Gasteiger partial charge in [-0.25, -0.2) is 0 Å². The van der Waals surface area contributed by atoms with Crippen LogP contribution in [0.5, 0.6) is 0 Å². The Balaban J connectivity index is 1.52. The number of fused-ring (bicyclic) bond motifs is 1. The number of pyridine rings is 1. The van der Waals surface area contributed by atoms with Crippen molar-refractivity contribution in [2.45, 2.75) is 13.5 Å². The summed E-state index contributed by atoms with van der Waals surface area (Å²) in [7, 11) is 0. The number of nitrogens with zero attached hydrogens (tertiary/aromatic N) is 4. The molecule has 4 rings (SSSR count). The van der Waals surface area contributed by atoms with Crippen molar-refractivity contribution in [3.63, 3.8) is 0 Å². The first-order valence-electron chi connectivity index (χ1n) is 7.83. The minimum absolute atomic E-state index is 0.759. The van der Waals surface area contributed by atoms with E-state index in [1.165, 1.54) is 5.56 Å². The molecule has 0 aliphatic carbocycles. The second-order valence-corrected chi connectivity index (χ2v) is 5.75. The van der Waals surface area contributed by atoms with Gasteiger partial charge >= 0.3 is 0 Å². The van der Waals surface area contributed by atoms with E-state index in [0.29, 0.717) is 0 Å². The van der Waals surface area contributed by atoms with Gasteiger partial charge in [0.25, 0.3) is 0 Å². The normalized spacial score (nSPS) is 10.9.